The van der Waals surface area contributed by atoms with Crippen LogP contribution in [-0.4, -0.2) is 56.3 Å². The van der Waals surface area contributed by atoms with Gasteiger partial charge in [0, 0.05) is 29.7 Å². The number of carbonyl (C=O) groups excluding carboxylic acids is 1. The molecule has 3 rings (SSSR count). The van der Waals surface area contributed by atoms with E-state index in [1.807, 2.05) is 0 Å². The topological polar surface area (TPSA) is 116 Å². The molecule has 0 N–H and O–H groups in total. The molecule has 2 aromatic carbocycles. The Morgan fingerprint density at radius 1 is 1.17 bits per heavy atom. The number of benzene rings is 2. The number of nitro groups is 1. The molecule has 0 aromatic heterocycles. The van der Waals surface area contributed by atoms with E-state index in [0.717, 1.165) is 6.07 Å². The zero-order valence-corrected chi connectivity index (χ0v) is 16.7. The monoisotopic (exact) mass is 440 g/mol. The van der Waals surface area contributed by atoms with Gasteiger partial charge < -0.3 is 9.47 Å². The third-order valence-corrected chi connectivity index (χ3v) is 6.41. The first-order valence-electron chi connectivity index (χ1n) is 8.57. The number of rotatable bonds is 7. The van der Waals surface area contributed by atoms with Gasteiger partial charge in [0.05, 0.1) is 23.0 Å². The molecule has 1 saturated heterocycles. The van der Waals surface area contributed by atoms with Crippen molar-refractivity contribution < 1.29 is 27.6 Å². The predicted octanol–water partition coefficient (Wildman–Crippen LogP) is 2.53. The van der Waals surface area contributed by atoms with Crippen molar-refractivity contribution in [2.24, 2.45) is 0 Å². The van der Waals surface area contributed by atoms with Crippen molar-refractivity contribution in [3.63, 3.8) is 0 Å². The second kappa shape index (κ2) is 8.87. The molecule has 1 heterocycles. The molecule has 0 aliphatic carbocycles. The molecule has 2 aromatic rings. The van der Waals surface area contributed by atoms with E-state index in [1.54, 1.807) is 12.1 Å². The second-order valence-electron chi connectivity index (χ2n) is 6.12. The predicted molar refractivity (Wildman–Crippen MR) is 104 cm³/mol. The van der Waals surface area contributed by atoms with Crippen molar-refractivity contribution in [2.75, 3.05) is 32.9 Å². The molecule has 11 heteroatoms. The molecule has 154 valence electrons. The molecule has 0 bridgehead atoms. The van der Waals surface area contributed by atoms with E-state index in [-0.39, 0.29) is 36.9 Å². The summed E-state index contributed by atoms with van der Waals surface area (Å²) in [5.74, 6) is -0.598. The Morgan fingerprint density at radius 2 is 1.83 bits per heavy atom. The third kappa shape index (κ3) is 4.91. The highest BCUT2D eigenvalue weighted by Crippen LogP contribution is 2.31. The van der Waals surface area contributed by atoms with E-state index >= 15 is 0 Å². The Balaban J connectivity index is 1.80. The molecule has 1 aliphatic heterocycles. The lowest BCUT2D eigenvalue weighted by Crippen LogP contribution is -2.40. The van der Waals surface area contributed by atoms with Crippen LogP contribution in [0.5, 0.6) is 5.75 Å². The SMILES string of the molecule is O=C(COc1ccc(S(=O)(=O)N2CCOCC2)cc1[N+](=O)[O-])c1ccc(Cl)cc1. The van der Waals surface area contributed by atoms with E-state index in [4.69, 9.17) is 21.1 Å². The van der Waals surface area contributed by atoms with Crippen molar-refractivity contribution in [3.05, 3.63) is 63.2 Å². The van der Waals surface area contributed by atoms with Crippen LogP contribution in [0, 0.1) is 10.1 Å². The minimum atomic E-state index is -3.90. The molecule has 1 fully saturated rings. The van der Waals surface area contributed by atoms with Crippen LogP contribution in [0.25, 0.3) is 0 Å². The van der Waals surface area contributed by atoms with Crippen LogP contribution in [0.15, 0.2) is 47.4 Å². The number of halogens is 1. The second-order valence-corrected chi connectivity index (χ2v) is 8.50. The minimum Gasteiger partial charge on any atom is -0.478 e. The number of nitrogens with zero attached hydrogens (tertiary/aromatic N) is 2. The summed E-state index contributed by atoms with van der Waals surface area (Å²) in [6.07, 6.45) is 0. The lowest BCUT2D eigenvalue weighted by Gasteiger charge is -2.26. The van der Waals surface area contributed by atoms with Gasteiger partial charge in [0.1, 0.15) is 0 Å². The van der Waals surface area contributed by atoms with Crippen LogP contribution in [0.3, 0.4) is 0 Å². The first-order valence-corrected chi connectivity index (χ1v) is 10.4. The molecule has 1 aliphatic rings. The number of ether oxygens (including phenoxy) is 2. The van der Waals surface area contributed by atoms with E-state index < -0.39 is 33.0 Å². The Bertz CT molecular complexity index is 1020. The number of sulfonamides is 1. The maximum atomic E-state index is 12.7. The maximum absolute atomic E-state index is 12.7. The summed E-state index contributed by atoms with van der Waals surface area (Å²) in [5.41, 5.74) is -0.202. The fourth-order valence-electron chi connectivity index (χ4n) is 2.72. The number of hydrogen-bond donors (Lipinski definition) is 0. The number of nitro benzene ring substituents is 1. The van der Waals surface area contributed by atoms with Crippen molar-refractivity contribution in [3.8, 4) is 5.75 Å². The Hall–Kier alpha value is -2.53. The fourth-order valence-corrected chi connectivity index (χ4v) is 4.28. The summed E-state index contributed by atoms with van der Waals surface area (Å²) >= 11 is 5.78. The van der Waals surface area contributed by atoms with Crippen LogP contribution in [0.1, 0.15) is 10.4 Å². The average Bonchev–Trinajstić information content (AvgIpc) is 2.73. The Kier molecular flexibility index (Phi) is 6.48. The van der Waals surface area contributed by atoms with E-state index in [9.17, 15) is 23.3 Å². The van der Waals surface area contributed by atoms with Crippen LogP contribution in [-0.2, 0) is 14.8 Å². The summed E-state index contributed by atoms with van der Waals surface area (Å²) in [7, 11) is -3.90. The Morgan fingerprint density at radius 3 is 2.45 bits per heavy atom. The molecule has 0 radical (unpaired) electrons. The molecule has 9 nitrogen and oxygen atoms in total. The number of ketones is 1. The highest BCUT2D eigenvalue weighted by Gasteiger charge is 2.29. The van der Waals surface area contributed by atoms with Gasteiger partial charge in [0.25, 0.3) is 0 Å². The first kappa shape index (κ1) is 21.2. The third-order valence-electron chi connectivity index (χ3n) is 4.26. The molecule has 0 unspecified atom stereocenters. The van der Waals surface area contributed by atoms with Gasteiger partial charge in [-0.2, -0.15) is 4.31 Å². The molecule has 29 heavy (non-hydrogen) atoms. The summed E-state index contributed by atoms with van der Waals surface area (Å²) in [4.78, 5) is 22.6. The highest BCUT2D eigenvalue weighted by atomic mass is 35.5. The number of carbonyl (C=O) groups is 1. The van der Waals surface area contributed by atoms with Crippen LogP contribution in [0.4, 0.5) is 5.69 Å². The smallest absolute Gasteiger partial charge is 0.312 e. The zero-order chi connectivity index (χ0) is 21.0. The quantitative estimate of drug-likeness (QED) is 0.369. The van der Waals surface area contributed by atoms with Crippen molar-refractivity contribution in [1.82, 2.24) is 4.31 Å². The molecule has 0 atom stereocenters. The van der Waals surface area contributed by atoms with Gasteiger partial charge in [-0.05, 0) is 36.4 Å². The first-order chi connectivity index (χ1) is 13.8. The summed E-state index contributed by atoms with van der Waals surface area (Å²) in [5, 5.41) is 11.9. The van der Waals surface area contributed by atoms with Gasteiger partial charge in [-0.25, -0.2) is 8.42 Å². The van der Waals surface area contributed by atoms with Gasteiger partial charge in [-0.1, -0.05) is 11.6 Å². The van der Waals surface area contributed by atoms with E-state index in [2.05, 4.69) is 0 Å². The number of hydrogen-bond acceptors (Lipinski definition) is 7. The summed E-state index contributed by atoms with van der Waals surface area (Å²) < 4.78 is 37.0. The average molecular weight is 441 g/mol. The van der Waals surface area contributed by atoms with Gasteiger partial charge in [0.15, 0.2) is 18.1 Å². The normalized spacial score (nSPS) is 15.1. The molecular formula is C18H17ClN2O7S. The van der Waals surface area contributed by atoms with Gasteiger partial charge in [-0.15, -0.1) is 0 Å². The van der Waals surface area contributed by atoms with E-state index in [1.165, 1.54) is 28.6 Å². The molecule has 0 saturated carbocycles. The summed E-state index contributed by atoms with van der Waals surface area (Å²) in [6.45, 7) is 0.413. The lowest BCUT2D eigenvalue weighted by atomic mass is 10.1. The van der Waals surface area contributed by atoms with Crippen molar-refractivity contribution in [1.29, 1.82) is 0 Å². The Labute approximate surface area is 172 Å². The number of morpholine rings is 1. The molecule has 0 amide bonds. The van der Waals surface area contributed by atoms with Crippen molar-refractivity contribution >= 4 is 33.1 Å². The van der Waals surface area contributed by atoms with Gasteiger partial charge in [0.2, 0.25) is 10.0 Å². The molecule has 0 spiro atoms. The maximum Gasteiger partial charge on any atom is 0.312 e. The van der Waals surface area contributed by atoms with Crippen LogP contribution in [0.2, 0.25) is 5.02 Å². The van der Waals surface area contributed by atoms with Crippen LogP contribution < -0.4 is 4.74 Å². The number of Topliss-reactive ketones (excluding diaryl/α,β-unsaturated/α-hetero) is 1. The van der Waals surface area contributed by atoms with Gasteiger partial charge in [-0.3, -0.25) is 14.9 Å². The fraction of sp³-hybridized carbons (Fsp3) is 0.278. The van der Waals surface area contributed by atoms with E-state index in [0.29, 0.717) is 10.6 Å². The lowest BCUT2D eigenvalue weighted by molar-refractivity contribution is -0.386. The van der Waals surface area contributed by atoms with Crippen LogP contribution >= 0.6 is 11.6 Å². The standard InChI is InChI=1S/C18H17ClN2O7S/c19-14-3-1-13(2-4-14)17(22)12-28-18-6-5-15(11-16(18)21(23)24)29(25,26)20-7-9-27-10-8-20/h1-6,11H,7-10,12H2. The minimum absolute atomic E-state index is 0.171. The summed E-state index contributed by atoms with van der Waals surface area (Å²) in [6, 6.07) is 9.46. The van der Waals surface area contributed by atoms with Crippen molar-refractivity contribution in [2.45, 2.75) is 4.90 Å². The zero-order valence-electron chi connectivity index (χ0n) is 15.1. The highest BCUT2D eigenvalue weighted by molar-refractivity contribution is 7.89. The molecular weight excluding hydrogens is 424 g/mol. The largest absolute Gasteiger partial charge is 0.478 e. The van der Waals surface area contributed by atoms with Gasteiger partial charge >= 0.3 is 5.69 Å².